The van der Waals surface area contributed by atoms with E-state index >= 15 is 0 Å². The molecule has 204 valence electrons. The monoisotopic (exact) mass is 524 g/mol. The van der Waals surface area contributed by atoms with Crippen molar-refractivity contribution in [3.63, 3.8) is 0 Å². The summed E-state index contributed by atoms with van der Waals surface area (Å²) in [6.07, 6.45) is 30.7. The second kappa shape index (κ2) is 22.2. The number of esters is 1. The van der Waals surface area contributed by atoms with E-state index in [1.807, 2.05) is 21.1 Å². The molecule has 0 aliphatic rings. The molecule has 0 amide bonds. The predicted octanol–water partition coefficient (Wildman–Crippen LogP) is 6.80. The van der Waals surface area contributed by atoms with E-state index in [4.69, 9.17) is 13.8 Å². The van der Waals surface area contributed by atoms with Crippen molar-refractivity contribution in [1.82, 2.24) is 0 Å². The zero-order chi connectivity index (χ0) is 27.0. The maximum absolute atomic E-state index is 11.7. The third-order valence-electron chi connectivity index (χ3n) is 4.56. The zero-order valence-corrected chi connectivity index (χ0v) is 23.5. The highest BCUT2D eigenvalue weighted by Crippen LogP contribution is 2.42. The number of phosphoric acid groups is 1. The minimum absolute atomic E-state index is 0.105. The summed E-state index contributed by atoms with van der Waals surface area (Å²) in [5.74, 6) is -0.357. The van der Waals surface area contributed by atoms with Gasteiger partial charge in [-0.15, -0.1) is 0 Å². The molecule has 0 heterocycles. The van der Waals surface area contributed by atoms with Crippen LogP contribution in [0, 0.1) is 0 Å². The summed E-state index contributed by atoms with van der Waals surface area (Å²) in [5, 5.41) is 0. The minimum Gasteiger partial charge on any atom is -0.435 e. The molecule has 1 atom stereocenters. The van der Waals surface area contributed by atoms with E-state index < -0.39 is 7.82 Å². The van der Waals surface area contributed by atoms with E-state index in [0.717, 1.165) is 38.5 Å². The number of nitrogens with zero attached hydrogens (tertiary/aromatic N) is 1. The molecule has 0 spiro atoms. The van der Waals surface area contributed by atoms with Crippen molar-refractivity contribution in [3.8, 4) is 0 Å². The molecule has 0 saturated heterocycles. The van der Waals surface area contributed by atoms with E-state index in [1.54, 1.807) is 0 Å². The van der Waals surface area contributed by atoms with Crippen LogP contribution in [0.15, 0.2) is 73.1 Å². The summed E-state index contributed by atoms with van der Waals surface area (Å²) in [6, 6.07) is 0. The van der Waals surface area contributed by atoms with Crippen molar-refractivity contribution >= 4 is 13.8 Å². The number of quaternary nitrogens is 1. The van der Waals surface area contributed by atoms with E-state index in [9.17, 15) is 14.3 Å². The molecule has 0 aliphatic carbocycles. The van der Waals surface area contributed by atoms with E-state index in [1.165, 1.54) is 12.3 Å². The molecule has 8 heteroatoms. The first kappa shape index (κ1) is 34.0. The molecule has 0 aromatic rings. The topological polar surface area (TPSA) is 82.1 Å². The Morgan fingerprint density at radius 1 is 0.806 bits per heavy atom. The summed E-state index contributed by atoms with van der Waals surface area (Å²) in [5.41, 5.74) is 0. The van der Waals surface area contributed by atoms with Crippen LogP contribution >= 0.6 is 7.82 Å². The van der Waals surface area contributed by atoms with Crippen LogP contribution in [0.5, 0.6) is 0 Å². The van der Waals surface area contributed by atoms with Crippen molar-refractivity contribution in [2.24, 2.45) is 0 Å². The average molecular weight is 525 g/mol. The molecular formula is C28H47NO6P+. The molecule has 0 aliphatic heterocycles. The number of ether oxygens (including phenoxy) is 1. The lowest BCUT2D eigenvalue weighted by Gasteiger charge is -2.23. The number of phosphoric ester groups is 1. The van der Waals surface area contributed by atoms with Gasteiger partial charge in [-0.3, -0.25) is 13.8 Å². The summed E-state index contributed by atoms with van der Waals surface area (Å²) in [6.45, 7) is 2.62. The van der Waals surface area contributed by atoms with Gasteiger partial charge in [0, 0.05) is 6.42 Å². The van der Waals surface area contributed by atoms with Gasteiger partial charge in [0.1, 0.15) is 13.2 Å². The molecule has 0 aromatic carbocycles. The fourth-order valence-electron chi connectivity index (χ4n) is 2.56. The number of likely N-dealkylation sites (N-methyl/N-ethyl adjacent to an activating group) is 1. The molecule has 0 radical (unpaired) electrons. The lowest BCUT2D eigenvalue weighted by Crippen LogP contribution is -2.37. The van der Waals surface area contributed by atoms with Gasteiger partial charge in [0.25, 0.3) is 0 Å². The van der Waals surface area contributed by atoms with Gasteiger partial charge in [-0.25, -0.2) is 4.57 Å². The Morgan fingerprint density at radius 2 is 1.33 bits per heavy atom. The first-order valence-corrected chi connectivity index (χ1v) is 14.2. The second-order valence-corrected chi connectivity index (χ2v) is 10.5. The first-order valence-electron chi connectivity index (χ1n) is 12.7. The van der Waals surface area contributed by atoms with Crippen molar-refractivity contribution in [2.45, 2.75) is 58.3 Å². The fraction of sp³-hybridized carbons (Fsp3) is 0.536. The van der Waals surface area contributed by atoms with Crippen LogP contribution in [0.3, 0.4) is 0 Å². The highest BCUT2D eigenvalue weighted by molar-refractivity contribution is 7.47. The summed E-state index contributed by atoms with van der Waals surface area (Å²) >= 11 is 0. The number of allylic oxidation sites excluding steroid dienone is 10. The number of unbranched alkanes of at least 4 members (excludes halogenated alkanes) is 1. The number of hydrogen-bond donors (Lipinski definition) is 1. The van der Waals surface area contributed by atoms with Gasteiger partial charge >= 0.3 is 13.8 Å². The lowest BCUT2D eigenvalue weighted by molar-refractivity contribution is -0.870. The highest BCUT2D eigenvalue weighted by Gasteiger charge is 2.21. The first-order chi connectivity index (χ1) is 17.2. The maximum atomic E-state index is 11.7. The zero-order valence-electron chi connectivity index (χ0n) is 22.6. The van der Waals surface area contributed by atoms with E-state index in [-0.39, 0.29) is 19.2 Å². The van der Waals surface area contributed by atoms with Gasteiger partial charge in [0.05, 0.1) is 34.0 Å². The summed E-state index contributed by atoms with van der Waals surface area (Å²) in [4.78, 5) is 21.3. The number of carbonyl (C=O) groups is 1. The maximum Gasteiger partial charge on any atom is 0.472 e. The molecule has 1 unspecified atom stereocenters. The number of hydrogen-bond acceptors (Lipinski definition) is 5. The van der Waals surface area contributed by atoms with Gasteiger partial charge in [-0.05, 0) is 51.0 Å². The van der Waals surface area contributed by atoms with Crippen LogP contribution in [0.4, 0.5) is 0 Å². The largest absolute Gasteiger partial charge is 0.472 e. The Labute approximate surface area is 218 Å². The van der Waals surface area contributed by atoms with Crippen molar-refractivity contribution in [1.29, 1.82) is 0 Å². The number of carbonyl (C=O) groups excluding carboxylic acids is 1. The quantitative estimate of drug-likeness (QED) is 0.0444. The van der Waals surface area contributed by atoms with Gasteiger partial charge in [0.2, 0.25) is 0 Å². The molecule has 0 aromatic heterocycles. The molecule has 0 bridgehead atoms. The van der Waals surface area contributed by atoms with Crippen LogP contribution in [0.1, 0.15) is 58.3 Å². The molecular weight excluding hydrogens is 477 g/mol. The molecule has 36 heavy (non-hydrogen) atoms. The van der Waals surface area contributed by atoms with Crippen LogP contribution in [-0.4, -0.2) is 56.2 Å². The Balaban J connectivity index is 3.74. The summed E-state index contributed by atoms with van der Waals surface area (Å²) < 4.78 is 27.0. The second-order valence-electron chi connectivity index (χ2n) is 9.07. The smallest absolute Gasteiger partial charge is 0.435 e. The SMILES string of the molecule is CC/C=C/C/C=C/C/C=C/C/C=C/C/C=C/CCCC(=O)O/C=C/COP(=O)(O)OCC[N+](C)(C)C. The molecule has 0 fully saturated rings. The minimum atomic E-state index is -4.11. The Hall–Kier alpha value is -2.02. The fourth-order valence-corrected chi connectivity index (χ4v) is 3.22. The van der Waals surface area contributed by atoms with Crippen LogP contribution in [0.25, 0.3) is 0 Å². The molecule has 1 N–H and O–H groups in total. The van der Waals surface area contributed by atoms with Gasteiger partial charge in [-0.2, -0.15) is 0 Å². The Bertz CT molecular complexity index is 790. The summed E-state index contributed by atoms with van der Waals surface area (Å²) in [7, 11) is 1.74. The van der Waals surface area contributed by atoms with E-state index in [0.29, 0.717) is 23.9 Å². The molecule has 7 nitrogen and oxygen atoms in total. The third kappa shape index (κ3) is 26.6. The Kier molecular flexibility index (Phi) is 21.0. The van der Waals surface area contributed by atoms with Crippen LogP contribution < -0.4 is 0 Å². The van der Waals surface area contributed by atoms with Crippen molar-refractivity contribution < 1.29 is 32.5 Å². The van der Waals surface area contributed by atoms with Crippen LogP contribution in [-0.2, 0) is 23.1 Å². The lowest BCUT2D eigenvalue weighted by atomic mass is 10.2. The third-order valence-corrected chi connectivity index (χ3v) is 5.54. The van der Waals surface area contributed by atoms with Crippen LogP contribution in [0.2, 0.25) is 0 Å². The average Bonchev–Trinajstić information content (AvgIpc) is 2.79. The van der Waals surface area contributed by atoms with Gasteiger partial charge in [0.15, 0.2) is 0 Å². The van der Waals surface area contributed by atoms with E-state index in [2.05, 4.69) is 67.7 Å². The van der Waals surface area contributed by atoms with Crippen molar-refractivity contribution in [3.05, 3.63) is 73.1 Å². The molecule has 0 rings (SSSR count). The predicted molar refractivity (Wildman–Crippen MR) is 148 cm³/mol. The number of rotatable bonds is 21. The Morgan fingerprint density at radius 3 is 1.86 bits per heavy atom. The normalized spacial score (nSPS) is 14.9. The molecule has 0 saturated carbocycles. The highest BCUT2D eigenvalue weighted by atomic mass is 31.2. The van der Waals surface area contributed by atoms with Crippen molar-refractivity contribution in [2.75, 3.05) is 40.9 Å². The van der Waals surface area contributed by atoms with Gasteiger partial charge in [-0.1, -0.05) is 67.7 Å². The standard InChI is InChI=1S/C28H46NO6P/c1-5-6-7-8-9-10-11-12-13-14-15-16-17-18-19-20-21-23-28(30)33-25-22-26-34-36(31,32)35-27-24-29(2,3)4/h6-7,9-10,12-13,15-16,18-19,22,25H,5,8,11,14,17,20-21,23-24,26-27H2,1-4H3/p+1/b7-6+,10-9+,13-12+,16-15+,19-18+,25-22+. The van der Waals surface area contributed by atoms with Gasteiger partial charge < -0.3 is 14.1 Å².